The molecule has 2 atom stereocenters. The zero-order valence-electron chi connectivity index (χ0n) is 24.4. The van der Waals surface area contributed by atoms with Gasteiger partial charge in [-0.05, 0) is 30.9 Å². The number of aromatic nitrogens is 2. The molecule has 0 radical (unpaired) electrons. The second-order valence-corrected chi connectivity index (χ2v) is 10.7. The maximum absolute atomic E-state index is 13.6. The number of nitrogens with two attached hydrogens (primary N) is 1. The van der Waals surface area contributed by atoms with Crippen molar-refractivity contribution in [3.63, 3.8) is 0 Å². The molecule has 0 spiro atoms. The van der Waals surface area contributed by atoms with Gasteiger partial charge in [-0.25, -0.2) is 4.98 Å². The van der Waals surface area contributed by atoms with Crippen LogP contribution in [-0.4, -0.2) is 73.9 Å². The molecular formula is C30H40ClN5O5. The van der Waals surface area contributed by atoms with Crippen LogP contribution in [0.3, 0.4) is 0 Å². The summed E-state index contributed by atoms with van der Waals surface area (Å²) in [7, 11) is 4.80. The van der Waals surface area contributed by atoms with E-state index in [0.29, 0.717) is 58.8 Å². The van der Waals surface area contributed by atoms with Crippen molar-refractivity contribution < 1.29 is 23.7 Å². The predicted molar refractivity (Wildman–Crippen MR) is 162 cm³/mol. The molecule has 1 aromatic heterocycles. The molecule has 2 heterocycles. The van der Waals surface area contributed by atoms with Crippen LogP contribution in [0.2, 0.25) is 0 Å². The summed E-state index contributed by atoms with van der Waals surface area (Å²) >= 11 is 0. The molecule has 2 fully saturated rings. The number of benzene rings is 2. The second kappa shape index (κ2) is 12.9. The molecule has 11 heteroatoms. The minimum Gasteiger partial charge on any atom is -0.493 e. The van der Waals surface area contributed by atoms with Crippen LogP contribution in [-0.2, 0) is 4.79 Å². The van der Waals surface area contributed by atoms with E-state index in [9.17, 15) is 4.79 Å². The number of halogens is 1. The highest BCUT2D eigenvalue weighted by molar-refractivity contribution is 5.92. The predicted octanol–water partition coefficient (Wildman–Crippen LogP) is 4.82. The molecule has 222 valence electrons. The number of rotatable bonds is 8. The summed E-state index contributed by atoms with van der Waals surface area (Å²) in [6.07, 6.45) is 4.03. The summed E-state index contributed by atoms with van der Waals surface area (Å²) in [5.41, 5.74) is 8.12. The van der Waals surface area contributed by atoms with Gasteiger partial charge in [0.1, 0.15) is 5.82 Å². The van der Waals surface area contributed by atoms with Gasteiger partial charge in [0, 0.05) is 30.1 Å². The van der Waals surface area contributed by atoms with E-state index in [-0.39, 0.29) is 42.9 Å². The van der Waals surface area contributed by atoms with Crippen LogP contribution in [0.25, 0.3) is 10.9 Å². The fourth-order valence-electron chi connectivity index (χ4n) is 6.04. The van der Waals surface area contributed by atoms with Gasteiger partial charge in [0.15, 0.2) is 29.6 Å². The van der Waals surface area contributed by atoms with Crippen LogP contribution in [0, 0.1) is 0 Å². The molecule has 10 nitrogen and oxygen atoms in total. The Hall–Kier alpha value is -3.66. The van der Waals surface area contributed by atoms with E-state index in [1.165, 1.54) is 0 Å². The minimum atomic E-state index is -0.0373. The Morgan fingerprint density at radius 3 is 2.34 bits per heavy atom. The lowest BCUT2D eigenvalue weighted by Gasteiger charge is -2.49. The number of nitrogen functional groups attached to an aromatic ring is 1. The van der Waals surface area contributed by atoms with Crippen molar-refractivity contribution in [2.75, 3.05) is 51.7 Å². The number of carbonyl (C=O) groups is 1. The number of carbonyl (C=O) groups excluding carboxylic acids is 1. The number of amides is 1. The number of hydrogen-bond donors (Lipinski definition) is 1. The van der Waals surface area contributed by atoms with Crippen molar-refractivity contribution in [2.45, 2.75) is 57.5 Å². The average molecular weight is 586 g/mol. The summed E-state index contributed by atoms with van der Waals surface area (Å²) in [4.78, 5) is 27.4. The molecule has 2 N–H and O–H groups in total. The maximum atomic E-state index is 13.6. The van der Waals surface area contributed by atoms with E-state index in [0.717, 1.165) is 31.2 Å². The number of nitrogens with zero attached hydrogens (tertiary/aromatic N) is 4. The van der Waals surface area contributed by atoms with Gasteiger partial charge in [0.05, 0.1) is 38.9 Å². The van der Waals surface area contributed by atoms with E-state index in [2.05, 4.69) is 18.7 Å². The van der Waals surface area contributed by atoms with E-state index >= 15 is 0 Å². The topological polar surface area (TPSA) is 112 Å². The zero-order chi connectivity index (χ0) is 28.4. The van der Waals surface area contributed by atoms with Crippen LogP contribution in [0.4, 0.5) is 11.8 Å². The van der Waals surface area contributed by atoms with Gasteiger partial charge in [-0.2, -0.15) is 4.98 Å². The van der Waals surface area contributed by atoms with Gasteiger partial charge in [-0.1, -0.05) is 38.8 Å². The highest BCUT2D eigenvalue weighted by Crippen LogP contribution is 2.38. The Balaban J connectivity index is 0.00000387. The van der Waals surface area contributed by atoms with Crippen LogP contribution in [0.1, 0.15) is 51.0 Å². The first-order valence-corrected chi connectivity index (χ1v) is 13.9. The largest absolute Gasteiger partial charge is 0.493 e. The monoisotopic (exact) mass is 585 g/mol. The Bertz CT molecular complexity index is 1390. The molecule has 2 aromatic carbocycles. The number of fused-ring (bicyclic) bond motifs is 2. The quantitative estimate of drug-likeness (QED) is 0.397. The highest BCUT2D eigenvalue weighted by Gasteiger charge is 2.41. The van der Waals surface area contributed by atoms with E-state index in [1.54, 1.807) is 27.4 Å². The fraction of sp³-hybridized carbons (Fsp3) is 0.500. The Morgan fingerprint density at radius 2 is 1.66 bits per heavy atom. The third kappa shape index (κ3) is 5.88. The molecule has 3 aromatic rings. The second-order valence-electron chi connectivity index (χ2n) is 10.7. The molecule has 1 saturated carbocycles. The van der Waals surface area contributed by atoms with Crippen molar-refractivity contribution in [3.05, 3.63) is 35.9 Å². The van der Waals surface area contributed by atoms with Gasteiger partial charge in [0.2, 0.25) is 5.95 Å². The number of ether oxygens (including phenoxy) is 4. The number of anilines is 2. The van der Waals surface area contributed by atoms with Gasteiger partial charge < -0.3 is 34.5 Å². The first kappa shape index (κ1) is 30.3. The van der Waals surface area contributed by atoms with Crippen molar-refractivity contribution in [1.29, 1.82) is 0 Å². The molecule has 1 aliphatic carbocycles. The summed E-state index contributed by atoms with van der Waals surface area (Å²) in [6.45, 7) is 5.33. The lowest BCUT2D eigenvalue weighted by Crippen LogP contribution is -2.63. The summed E-state index contributed by atoms with van der Waals surface area (Å²) < 4.78 is 22.6. The fourth-order valence-corrected chi connectivity index (χ4v) is 6.04. The number of hydrogen-bond acceptors (Lipinski definition) is 9. The molecule has 41 heavy (non-hydrogen) atoms. The van der Waals surface area contributed by atoms with Crippen LogP contribution < -0.4 is 29.6 Å². The highest BCUT2D eigenvalue weighted by atomic mass is 35.5. The normalized spacial score (nSPS) is 18.5. The zero-order valence-corrected chi connectivity index (χ0v) is 25.2. The first-order valence-electron chi connectivity index (χ1n) is 13.9. The van der Waals surface area contributed by atoms with Crippen LogP contribution >= 0.6 is 12.4 Å². The summed E-state index contributed by atoms with van der Waals surface area (Å²) in [5.74, 6) is 3.62. The lowest BCUT2D eigenvalue weighted by molar-refractivity contribution is -0.137. The molecule has 1 aliphatic heterocycles. The number of methoxy groups -OCH3 is 3. The third-order valence-corrected chi connectivity index (χ3v) is 8.06. The van der Waals surface area contributed by atoms with Crippen molar-refractivity contribution in [3.8, 4) is 23.0 Å². The van der Waals surface area contributed by atoms with Crippen LogP contribution in [0.5, 0.6) is 23.0 Å². The number of para-hydroxylation sites is 1. The Labute approximate surface area is 247 Å². The molecule has 2 aliphatic rings. The maximum Gasteiger partial charge on any atom is 0.260 e. The lowest BCUT2D eigenvalue weighted by atomic mass is 9.86. The number of piperazine rings is 1. The molecule has 2 unspecified atom stereocenters. The van der Waals surface area contributed by atoms with Gasteiger partial charge in [-0.3, -0.25) is 4.79 Å². The summed E-state index contributed by atoms with van der Waals surface area (Å²) in [5, 5.41) is 0.713. The van der Waals surface area contributed by atoms with Crippen LogP contribution in [0.15, 0.2) is 30.3 Å². The van der Waals surface area contributed by atoms with E-state index in [1.807, 2.05) is 29.2 Å². The van der Waals surface area contributed by atoms with Gasteiger partial charge >= 0.3 is 0 Å². The van der Waals surface area contributed by atoms with E-state index < -0.39 is 0 Å². The van der Waals surface area contributed by atoms with Gasteiger partial charge in [-0.15, -0.1) is 12.4 Å². The third-order valence-electron chi connectivity index (χ3n) is 8.06. The minimum absolute atomic E-state index is 0. The molecule has 5 rings (SSSR count). The van der Waals surface area contributed by atoms with Crippen molar-refractivity contribution in [1.82, 2.24) is 14.9 Å². The first-order chi connectivity index (χ1) is 19.4. The smallest absolute Gasteiger partial charge is 0.260 e. The van der Waals surface area contributed by atoms with Crippen molar-refractivity contribution in [2.24, 2.45) is 0 Å². The average Bonchev–Trinajstić information content (AvgIpc) is 2.98. The van der Waals surface area contributed by atoms with E-state index in [4.69, 9.17) is 34.6 Å². The van der Waals surface area contributed by atoms with Crippen molar-refractivity contribution >= 4 is 41.0 Å². The standard InChI is InChI=1S/C30H39N5O5.ClH/c1-18(2)19-9-8-12-24(37-3)28(19)40-17-27(36)34-13-14-35(23-11-7-6-10-22(23)34)30-32-21-16-26(39-5)25(38-4)15-20(21)29(31)33-30;/h8-9,12,15-16,18,22-23H,6-7,10-11,13-14,17H2,1-5H3,(H2,31,32,33);1H. The molecular weight excluding hydrogens is 546 g/mol. The Kier molecular flexibility index (Phi) is 9.53. The summed E-state index contributed by atoms with van der Waals surface area (Å²) in [6, 6.07) is 9.61. The molecule has 1 amide bonds. The Morgan fingerprint density at radius 1 is 0.976 bits per heavy atom. The van der Waals surface area contributed by atoms with Gasteiger partial charge in [0.25, 0.3) is 5.91 Å². The SMILES string of the molecule is COc1cc2nc(N3CCN(C(=O)COc4c(OC)cccc4C(C)C)C4CCCCC43)nc(N)c2cc1OC.Cl. The molecule has 0 bridgehead atoms. The molecule has 1 saturated heterocycles.